The monoisotopic (exact) mass is 190 g/mol. The van der Waals surface area contributed by atoms with Gasteiger partial charge >= 0.3 is 0 Å². The zero-order valence-electron chi connectivity index (χ0n) is 8.13. The van der Waals surface area contributed by atoms with Gasteiger partial charge in [0.05, 0.1) is 0 Å². The van der Waals surface area contributed by atoms with Crippen LogP contribution in [0.25, 0.3) is 0 Å². The molecule has 1 aromatic rings. The topological polar surface area (TPSA) is 0 Å². The lowest BCUT2D eigenvalue weighted by atomic mass is 10.0. The van der Waals surface area contributed by atoms with Gasteiger partial charge in [0, 0.05) is 4.90 Å². The highest BCUT2D eigenvalue weighted by Gasteiger charge is 2.06. The van der Waals surface area contributed by atoms with Crippen molar-refractivity contribution in [3.63, 3.8) is 0 Å². The second kappa shape index (κ2) is 3.59. The fraction of sp³-hybridized carbons (Fsp3) is 0.333. The first kappa shape index (κ1) is 8.89. The van der Waals surface area contributed by atoms with Crippen molar-refractivity contribution >= 4 is 11.8 Å². The lowest BCUT2D eigenvalue weighted by Gasteiger charge is -2.04. The number of rotatable bonds is 0. The predicted molar refractivity (Wildman–Crippen MR) is 59.1 cm³/mol. The molecule has 0 saturated heterocycles. The Morgan fingerprint density at radius 1 is 1.15 bits per heavy atom. The quantitative estimate of drug-likeness (QED) is 0.597. The van der Waals surface area contributed by atoms with Crippen molar-refractivity contribution in [2.75, 3.05) is 0 Å². The Kier molecular flexibility index (Phi) is 2.45. The number of hydrogen-bond acceptors (Lipinski definition) is 1. The Morgan fingerprint density at radius 3 is 2.85 bits per heavy atom. The van der Waals surface area contributed by atoms with Gasteiger partial charge in [-0.25, -0.2) is 0 Å². The number of fused-ring (bicyclic) bond motifs is 1. The molecule has 0 unspecified atom stereocenters. The number of benzene rings is 1. The second-order valence-electron chi connectivity index (χ2n) is 3.69. The van der Waals surface area contributed by atoms with E-state index in [1.807, 2.05) is 11.8 Å². The summed E-state index contributed by atoms with van der Waals surface area (Å²) >= 11 is 1.86. The summed E-state index contributed by atoms with van der Waals surface area (Å²) in [4.78, 5) is 1.43. The van der Waals surface area contributed by atoms with E-state index in [1.165, 1.54) is 34.4 Å². The molecular weight excluding hydrogens is 176 g/mol. The molecule has 0 fully saturated rings. The van der Waals surface area contributed by atoms with Gasteiger partial charge in [-0.2, -0.15) is 0 Å². The average Bonchev–Trinajstić information content (AvgIpc) is 2.29. The standard InChI is InChI=1S/C12H14S/c1-9-4-6-12-11(7-9)5-3-10(2)8-13-12/h4,6-8H,3,5H2,1-2H3. The summed E-state index contributed by atoms with van der Waals surface area (Å²) in [7, 11) is 0. The molecule has 1 heterocycles. The molecule has 0 N–H and O–H groups in total. The molecule has 68 valence electrons. The van der Waals surface area contributed by atoms with E-state index >= 15 is 0 Å². The summed E-state index contributed by atoms with van der Waals surface area (Å²) in [5, 5.41) is 2.28. The first-order valence-electron chi connectivity index (χ1n) is 4.67. The Bertz CT molecular complexity index is 350. The molecular formula is C12H14S. The van der Waals surface area contributed by atoms with Crippen molar-refractivity contribution in [2.24, 2.45) is 0 Å². The van der Waals surface area contributed by atoms with Crippen LogP contribution in [0, 0.1) is 6.92 Å². The predicted octanol–water partition coefficient (Wildman–Crippen LogP) is 3.94. The van der Waals surface area contributed by atoms with Crippen molar-refractivity contribution in [3.8, 4) is 0 Å². The van der Waals surface area contributed by atoms with Gasteiger partial charge in [0.15, 0.2) is 0 Å². The van der Waals surface area contributed by atoms with Crippen molar-refractivity contribution in [1.29, 1.82) is 0 Å². The van der Waals surface area contributed by atoms with E-state index in [4.69, 9.17) is 0 Å². The van der Waals surface area contributed by atoms with E-state index < -0.39 is 0 Å². The van der Waals surface area contributed by atoms with Crippen LogP contribution >= 0.6 is 11.8 Å². The first-order chi connectivity index (χ1) is 6.25. The van der Waals surface area contributed by atoms with Gasteiger partial charge < -0.3 is 0 Å². The summed E-state index contributed by atoms with van der Waals surface area (Å²) in [6.45, 7) is 4.38. The summed E-state index contributed by atoms with van der Waals surface area (Å²) in [6, 6.07) is 6.75. The molecule has 1 aromatic carbocycles. The van der Waals surface area contributed by atoms with Crippen LogP contribution < -0.4 is 0 Å². The maximum Gasteiger partial charge on any atom is 0.0148 e. The molecule has 0 saturated carbocycles. The van der Waals surface area contributed by atoms with Crippen LogP contribution in [0.15, 0.2) is 34.1 Å². The van der Waals surface area contributed by atoms with Gasteiger partial charge in [-0.1, -0.05) is 35.0 Å². The van der Waals surface area contributed by atoms with Crippen LogP contribution in [0.2, 0.25) is 0 Å². The maximum atomic E-state index is 2.31. The number of allylic oxidation sites excluding steroid dienone is 1. The summed E-state index contributed by atoms with van der Waals surface area (Å²) < 4.78 is 0. The van der Waals surface area contributed by atoms with Gasteiger partial charge in [0.1, 0.15) is 0 Å². The molecule has 0 radical (unpaired) electrons. The van der Waals surface area contributed by atoms with Crippen molar-refractivity contribution in [3.05, 3.63) is 40.3 Å². The zero-order valence-corrected chi connectivity index (χ0v) is 8.95. The van der Waals surface area contributed by atoms with Crippen LogP contribution in [0.1, 0.15) is 24.5 Å². The second-order valence-corrected chi connectivity index (χ2v) is 4.60. The van der Waals surface area contributed by atoms with Gasteiger partial charge in [-0.3, -0.25) is 0 Å². The number of hydrogen-bond donors (Lipinski definition) is 0. The third-order valence-corrected chi connectivity index (χ3v) is 3.56. The molecule has 1 aliphatic rings. The molecule has 1 aliphatic heterocycles. The van der Waals surface area contributed by atoms with E-state index in [-0.39, 0.29) is 0 Å². The van der Waals surface area contributed by atoms with Gasteiger partial charge in [-0.05, 0) is 43.7 Å². The molecule has 0 aromatic heterocycles. The van der Waals surface area contributed by atoms with Crippen LogP contribution in [-0.4, -0.2) is 0 Å². The zero-order chi connectivity index (χ0) is 9.26. The van der Waals surface area contributed by atoms with E-state index in [0.29, 0.717) is 0 Å². The normalized spacial score (nSPS) is 16.0. The molecule has 13 heavy (non-hydrogen) atoms. The lowest BCUT2D eigenvalue weighted by molar-refractivity contribution is 0.926. The van der Waals surface area contributed by atoms with Crippen molar-refractivity contribution in [2.45, 2.75) is 31.6 Å². The molecule has 1 heteroatoms. The minimum Gasteiger partial charge on any atom is -0.0978 e. The average molecular weight is 190 g/mol. The molecule has 2 rings (SSSR count). The van der Waals surface area contributed by atoms with Crippen LogP contribution in [0.3, 0.4) is 0 Å². The third kappa shape index (κ3) is 1.97. The van der Waals surface area contributed by atoms with Gasteiger partial charge in [0.25, 0.3) is 0 Å². The lowest BCUT2D eigenvalue weighted by Crippen LogP contribution is -1.87. The summed E-state index contributed by atoms with van der Waals surface area (Å²) in [5.74, 6) is 0. The minimum atomic E-state index is 1.20. The van der Waals surface area contributed by atoms with Crippen LogP contribution in [-0.2, 0) is 6.42 Å². The highest BCUT2D eigenvalue weighted by molar-refractivity contribution is 8.02. The van der Waals surface area contributed by atoms with E-state index in [9.17, 15) is 0 Å². The minimum absolute atomic E-state index is 1.20. The SMILES string of the molecule is CC1=CSc2ccc(C)cc2CC1. The van der Waals surface area contributed by atoms with Crippen molar-refractivity contribution < 1.29 is 0 Å². The van der Waals surface area contributed by atoms with Gasteiger partial charge in [0.2, 0.25) is 0 Å². The van der Waals surface area contributed by atoms with E-state index in [0.717, 1.165) is 0 Å². The molecule has 0 bridgehead atoms. The smallest absolute Gasteiger partial charge is 0.0148 e. The molecule has 0 atom stereocenters. The van der Waals surface area contributed by atoms with E-state index in [1.54, 1.807) is 0 Å². The number of thioether (sulfide) groups is 1. The maximum absolute atomic E-state index is 2.31. The Balaban J connectivity index is 2.37. The number of aryl methyl sites for hydroxylation is 2. The molecule has 0 nitrogen and oxygen atoms in total. The molecule has 0 amide bonds. The Hall–Kier alpha value is -0.690. The van der Waals surface area contributed by atoms with Gasteiger partial charge in [-0.15, -0.1) is 0 Å². The fourth-order valence-electron chi connectivity index (χ4n) is 1.57. The third-order valence-electron chi connectivity index (χ3n) is 2.39. The molecule has 0 spiro atoms. The summed E-state index contributed by atoms with van der Waals surface area (Å²) in [6.07, 6.45) is 2.41. The van der Waals surface area contributed by atoms with Crippen molar-refractivity contribution in [1.82, 2.24) is 0 Å². The van der Waals surface area contributed by atoms with Crippen LogP contribution in [0.4, 0.5) is 0 Å². The fourth-order valence-corrected chi connectivity index (χ4v) is 2.48. The molecule has 0 aliphatic carbocycles. The first-order valence-corrected chi connectivity index (χ1v) is 5.55. The van der Waals surface area contributed by atoms with E-state index in [2.05, 4.69) is 37.5 Å². The van der Waals surface area contributed by atoms with Crippen LogP contribution in [0.5, 0.6) is 0 Å². The Morgan fingerprint density at radius 2 is 2.00 bits per heavy atom. The highest BCUT2D eigenvalue weighted by atomic mass is 32.2. The Labute approximate surface area is 84.0 Å². The largest absolute Gasteiger partial charge is 0.0978 e. The highest BCUT2D eigenvalue weighted by Crippen LogP contribution is 2.31. The summed E-state index contributed by atoms with van der Waals surface area (Å²) in [5.41, 5.74) is 4.39.